The van der Waals surface area contributed by atoms with Gasteiger partial charge < -0.3 is 19.3 Å². The van der Waals surface area contributed by atoms with Crippen molar-refractivity contribution in [3.05, 3.63) is 28.3 Å². The molecule has 1 rings (SSSR count). The number of non-ortho nitro benzene ring substituents is 1. The summed E-state index contributed by atoms with van der Waals surface area (Å²) in [4.78, 5) is 10.1. The summed E-state index contributed by atoms with van der Waals surface area (Å²) >= 11 is 0. The van der Waals surface area contributed by atoms with Crippen LogP contribution in [0.3, 0.4) is 0 Å². The number of benzene rings is 1. The first-order chi connectivity index (χ1) is 8.39. The van der Waals surface area contributed by atoms with Gasteiger partial charge in [0.05, 0.1) is 18.1 Å². The molecule has 18 heavy (non-hydrogen) atoms. The number of nitro benzene ring substituents is 1. The molecule has 0 aliphatic rings. The summed E-state index contributed by atoms with van der Waals surface area (Å²) in [6.45, 7) is 1.31. The van der Waals surface area contributed by atoms with E-state index in [0.717, 1.165) is 0 Å². The lowest BCUT2D eigenvalue weighted by molar-refractivity contribution is -0.385. The number of methoxy groups -OCH3 is 2. The van der Waals surface area contributed by atoms with Crippen LogP contribution in [0.4, 0.5) is 5.69 Å². The normalized spacial score (nSPS) is 13.8. The average molecular weight is 257 g/mol. The molecule has 0 radical (unpaired) electrons. The summed E-state index contributed by atoms with van der Waals surface area (Å²) in [7, 11) is 2.72. The molecule has 1 N–H and O–H groups in total. The second kappa shape index (κ2) is 5.65. The highest BCUT2D eigenvalue weighted by Gasteiger charge is 2.21. The highest BCUT2D eigenvalue weighted by Crippen LogP contribution is 2.31. The maximum absolute atomic E-state index is 10.6. The predicted molar refractivity (Wildman–Crippen MR) is 62.8 cm³/mol. The van der Waals surface area contributed by atoms with Crippen molar-refractivity contribution in [1.29, 1.82) is 0 Å². The van der Waals surface area contributed by atoms with Gasteiger partial charge in [-0.15, -0.1) is 0 Å². The van der Waals surface area contributed by atoms with Crippen molar-refractivity contribution in [3.8, 4) is 11.5 Å². The lowest BCUT2D eigenvalue weighted by atomic mass is 10.2. The van der Waals surface area contributed by atoms with E-state index in [-0.39, 0.29) is 18.0 Å². The molecule has 100 valence electrons. The zero-order valence-corrected chi connectivity index (χ0v) is 10.4. The fourth-order valence-electron chi connectivity index (χ4n) is 1.16. The van der Waals surface area contributed by atoms with Crippen molar-refractivity contribution in [2.24, 2.45) is 0 Å². The van der Waals surface area contributed by atoms with Gasteiger partial charge in [0, 0.05) is 13.2 Å². The summed E-state index contributed by atoms with van der Waals surface area (Å²) < 4.78 is 15.1. The number of nitrogens with zero attached hydrogens (tertiary/aromatic N) is 1. The zero-order valence-electron chi connectivity index (χ0n) is 10.4. The second-order valence-corrected chi connectivity index (χ2v) is 3.76. The van der Waals surface area contributed by atoms with E-state index in [9.17, 15) is 15.2 Å². The van der Waals surface area contributed by atoms with Gasteiger partial charge in [-0.3, -0.25) is 10.1 Å². The van der Waals surface area contributed by atoms with E-state index in [0.29, 0.717) is 5.75 Å². The van der Waals surface area contributed by atoms with Gasteiger partial charge in [0.25, 0.3) is 5.69 Å². The standard InChI is InChI=1S/C11H15NO6/c1-11(13,17-3)7-18-9-5-4-8(12(14)15)6-10(9)16-2/h4-6,13H,7H2,1-3H3. The third kappa shape index (κ3) is 3.57. The minimum absolute atomic E-state index is 0.0994. The molecule has 1 unspecified atom stereocenters. The van der Waals surface area contributed by atoms with Crippen LogP contribution in [0.25, 0.3) is 0 Å². The van der Waals surface area contributed by atoms with Gasteiger partial charge in [-0.1, -0.05) is 0 Å². The Morgan fingerprint density at radius 3 is 2.56 bits per heavy atom. The van der Waals surface area contributed by atoms with Gasteiger partial charge in [0.15, 0.2) is 17.3 Å². The van der Waals surface area contributed by atoms with E-state index in [4.69, 9.17) is 14.2 Å². The van der Waals surface area contributed by atoms with Crippen LogP contribution in [0, 0.1) is 10.1 Å². The highest BCUT2D eigenvalue weighted by atomic mass is 16.6. The van der Waals surface area contributed by atoms with Crippen LogP contribution in [0.5, 0.6) is 11.5 Å². The number of ether oxygens (including phenoxy) is 3. The van der Waals surface area contributed by atoms with Crippen LogP contribution < -0.4 is 9.47 Å². The third-order valence-corrected chi connectivity index (χ3v) is 2.29. The molecular formula is C11H15NO6. The molecule has 0 fully saturated rings. The van der Waals surface area contributed by atoms with Crippen LogP contribution in [-0.2, 0) is 4.74 Å². The SMILES string of the molecule is COc1cc([N+](=O)[O-])ccc1OCC(C)(O)OC. The monoisotopic (exact) mass is 257 g/mol. The molecule has 0 aliphatic heterocycles. The van der Waals surface area contributed by atoms with E-state index in [1.54, 1.807) is 0 Å². The molecule has 0 aromatic heterocycles. The van der Waals surface area contributed by atoms with Crippen molar-refractivity contribution >= 4 is 5.69 Å². The van der Waals surface area contributed by atoms with Crippen LogP contribution >= 0.6 is 0 Å². The molecule has 0 bridgehead atoms. The predicted octanol–water partition coefficient (Wildman–Crippen LogP) is 1.34. The summed E-state index contributed by atoms with van der Waals surface area (Å²) in [5.41, 5.74) is -0.0994. The van der Waals surface area contributed by atoms with Crippen LogP contribution in [0.2, 0.25) is 0 Å². The molecule has 0 aliphatic carbocycles. The number of hydrogen-bond donors (Lipinski definition) is 1. The highest BCUT2D eigenvalue weighted by molar-refractivity contribution is 5.48. The summed E-state index contributed by atoms with van der Waals surface area (Å²) in [5.74, 6) is -0.927. The first-order valence-electron chi connectivity index (χ1n) is 5.12. The van der Waals surface area contributed by atoms with Gasteiger partial charge in [0.1, 0.15) is 6.61 Å². The molecule has 0 saturated heterocycles. The Labute approximate surface area is 104 Å². The smallest absolute Gasteiger partial charge is 0.273 e. The lowest BCUT2D eigenvalue weighted by Gasteiger charge is -2.22. The van der Waals surface area contributed by atoms with Crippen LogP contribution in [0.15, 0.2) is 18.2 Å². The molecular weight excluding hydrogens is 242 g/mol. The number of rotatable bonds is 6. The Bertz CT molecular complexity index is 432. The average Bonchev–Trinajstić information content (AvgIpc) is 2.36. The molecule has 0 amide bonds. The largest absolute Gasteiger partial charge is 0.493 e. The van der Waals surface area contributed by atoms with Crippen molar-refractivity contribution < 1.29 is 24.2 Å². The van der Waals surface area contributed by atoms with Gasteiger partial charge in [-0.05, 0) is 13.0 Å². The van der Waals surface area contributed by atoms with Crippen molar-refractivity contribution in [3.63, 3.8) is 0 Å². The van der Waals surface area contributed by atoms with Crippen molar-refractivity contribution in [2.45, 2.75) is 12.7 Å². The van der Waals surface area contributed by atoms with Crippen LogP contribution in [0.1, 0.15) is 6.92 Å². The zero-order chi connectivity index (χ0) is 13.8. The number of nitro groups is 1. The van der Waals surface area contributed by atoms with Gasteiger partial charge in [-0.2, -0.15) is 0 Å². The number of aliphatic hydroxyl groups is 1. The fourth-order valence-corrected chi connectivity index (χ4v) is 1.16. The Morgan fingerprint density at radius 2 is 2.06 bits per heavy atom. The second-order valence-electron chi connectivity index (χ2n) is 3.76. The Balaban J connectivity index is 2.86. The third-order valence-electron chi connectivity index (χ3n) is 2.29. The molecule has 1 atom stereocenters. The van der Waals surface area contributed by atoms with Crippen molar-refractivity contribution in [1.82, 2.24) is 0 Å². The molecule has 1 aromatic rings. The maximum Gasteiger partial charge on any atom is 0.273 e. The summed E-state index contributed by atoms with van der Waals surface area (Å²) in [5, 5.41) is 20.2. The van der Waals surface area contributed by atoms with E-state index in [1.165, 1.54) is 39.3 Å². The molecule has 0 spiro atoms. The van der Waals surface area contributed by atoms with Gasteiger partial charge in [0.2, 0.25) is 0 Å². The number of hydrogen-bond acceptors (Lipinski definition) is 6. The van der Waals surface area contributed by atoms with E-state index < -0.39 is 10.7 Å². The van der Waals surface area contributed by atoms with E-state index in [2.05, 4.69) is 0 Å². The van der Waals surface area contributed by atoms with Crippen molar-refractivity contribution in [2.75, 3.05) is 20.8 Å². The molecule has 1 aromatic carbocycles. The minimum atomic E-state index is -1.44. The first kappa shape index (κ1) is 14.2. The van der Waals surface area contributed by atoms with E-state index >= 15 is 0 Å². The summed E-state index contributed by atoms with van der Waals surface area (Å²) in [6, 6.07) is 3.94. The van der Waals surface area contributed by atoms with Gasteiger partial charge in [-0.25, -0.2) is 0 Å². The topological polar surface area (TPSA) is 91.1 Å². The molecule has 7 heteroatoms. The Kier molecular flexibility index (Phi) is 4.46. The summed E-state index contributed by atoms with van der Waals surface area (Å²) in [6.07, 6.45) is 0. The first-order valence-corrected chi connectivity index (χ1v) is 5.12. The Morgan fingerprint density at radius 1 is 1.39 bits per heavy atom. The maximum atomic E-state index is 10.6. The Hall–Kier alpha value is -1.86. The van der Waals surface area contributed by atoms with E-state index in [1.807, 2.05) is 0 Å². The lowest BCUT2D eigenvalue weighted by Crippen LogP contribution is -2.34. The van der Waals surface area contributed by atoms with Crippen LogP contribution in [-0.4, -0.2) is 36.6 Å². The molecule has 0 saturated carbocycles. The fraction of sp³-hybridized carbons (Fsp3) is 0.455. The molecule has 0 heterocycles. The molecule has 7 nitrogen and oxygen atoms in total. The minimum Gasteiger partial charge on any atom is -0.493 e. The quantitative estimate of drug-likeness (QED) is 0.469. The van der Waals surface area contributed by atoms with Gasteiger partial charge >= 0.3 is 0 Å².